The summed E-state index contributed by atoms with van der Waals surface area (Å²) in [5.41, 5.74) is 2.25. The number of hydrogen-bond acceptors (Lipinski definition) is 4. The van der Waals surface area contributed by atoms with E-state index in [1.54, 1.807) is 37.4 Å². The molecule has 0 atom stereocenters. The van der Waals surface area contributed by atoms with Crippen molar-refractivity contribution in [2.75, 3.05) is 0 Å². The van der Waals surface area contributed by atoms with Crippen LogP contribution in [-0.2, 0) is 24.3 Å². The Morgan fingerprint density at radius 2 is 2.15 bits per heavy atom. The molecular weight excluding hydrogens is 379 g/mol. The van der Waals surface area contributed by atoms with Crippen LogP contribution in [0.25, 0.3) is 11.3 Å². The first-order valence-corrected chi connectivity index (χ1v) is 9.08. The minimum atomic E-state index is -4.29. The van der Waals surface area contributed by atoms with Crippen molar-refractivity contribution >= 4 is 17.2 Å². The summed E-state index contributed by atoms with van der Waals surface area (Å²) < 4.78 is 44.6. The third-order valence-electron chi connectivity index (χ3n) is 4.09. The molecule has 1 N–H and O–H groups in total. The van der Waals surface area contributed by atoms with Crippen LogP contribution in [0.3, 0.4) is 0 Å². The van der Waals surface area contributed by atoms with Crippen molar-refractivity contribution in [1.29, 1.82) is 0 Å². The molecule has 9 heteroatoms. The molecule has 0 aliphatic rings. The largest absolute Gasteiger partial charge is 0.467 e. The van der Waals surface area contributed by atoms with E-state index < -0.39 is 12.7 Å². The highest BCUT2D eigenvalue weighted by Crippen LogP contribution is 2.30. The Kier molecular flexibility index (Phi) is 5.41. The maximum atomic E-state index is 12.7. The molecule has 0 aromatic carbocycles. The minimum absolute atomic E-state index is 0.104. The molecule has 0 saturated heterocycles. The number of carbonyl (C=O) groups excluding carboxylic acids is 1. The molecular formula is C18H18F3N3O2S. The van der Waals surface area contributed by atoms with Gasteiger partial charge in [-0.1, -0.05) is 0 Å². The highest BCUT2D eigenvalue weighted by atomic mass is 32.1. The Hall–Kier alpha value is -2.55. The molecule has 0 fully saturated rings. The molecule has 27 heavy (non-hydrogen) atoms. The predicted molar refractivity (Wildman–Crippen MR) is 95.3 cm³/mol. The molecule has 0 spiro atoms. The predicted octanol–water partition coefficient (Wildman–Crippen LogP) is 4.24. The Bertz CT molecular complexity index is 926. The van der Waals surface area contributed by atoms with Crippen LogP contribution in [0.2, 0.25) is 0 Å². The Balaban J connectivity index is 1.68. The molecule has 144 valence electrons. The molecule has 1 amide bonds. The van der Waals surface area contributed by atoms with E-state index in [0.717, 1.165) is 0 Å². The van der Waals surface area contributed by atoms with Crippen molar-refractivity contribution in [2.24, 2.45) is 0 Å². The first kappa shape index (κ1) is 19.2. The number of carbonyl (C=O) groups is 1. The number of aromatic nitrogens is 2. The zero-order valence-corrected chi connectivity index (χ0v) is 15.6. The summed E-state index contributed by atoms with van der Waals surface area (Å²) >= 11 is 1.31. The molecule has 3 rings (SSSR count). The molecule has 0 aliphatic heterocycles. The molecule has 0 bridgehead atoms. The van der Waals surface area contributed by atoms with Crippen molar-refractivity contribution in [3.8, 4) is 11.3 Å². The summed E-state index contributed by atoms with van der Waals surface area (Å²) in [6.45, 7) is 2.54. The SMILES string of the molecule is Cc1cc(-c2csc(CC(=O)NCc3ccco3)n2)c(C)n1CC(F)(F)F. The fraction of sp³-hybridized carbons (Fsp3) is 0.333. The van der Waals surface area contributed by atoms with Gasteiger partial charge in [-0.25, -0.2) is 4.98 Å². The van der Waals surface area contributed by atoms with Gasteiger partial charge < -0.3 is 14.3 Å². The second kappa shape index (κ2) is 7.59. The van der Waals surface area contributed by atoms with Crippen LogP contribution in [0.5, 0.6) is 0 Å². The average molecular weight is 397 g/mol. The molecule has 3 aromatic rings. The maximum Gasteiger partial charge on any atom is 0.406 e. The second-order valence-corrected chi connectivity index (χ2v) is 7.09. The standard InChI is InChI=1S/C18H18F3N3O2S/c1-11-6-14(12(2)24(11)10-18(19,20)21)15-9-27-17(23-15)7-16(25)22-8-13-4-3-5-26-13/h3-6,9H,7-8,10H2,1-2H3,(H,22,25). The summed E-state index contributed by atoms with van der Waals surface area (Å²) in [4.78, 5) is 16.4. The van der Waals surface area contributed by atoms with Gasteiger partial charge in [0.1, 0.15) is 17.3 Å². The number of nitrogens with zero attached hydrogens (tertiary/aromatic N) is 2. The Morgan fingerprint density at radius 3 is 2.81 bits per heavy atom. The average Bonchev–Trinajstić information content (AvgIpc) is 3.30. The minimum Gasteiger partial charge on any atom is -0.467 e. The van der Waals surface area contributed by atoms with Gasteiger partial charge in [-0.15, -0.1) is 11.3 Å². The molecule has 0 radical (unpaired) electrons. The third kappa shape index (κ3) is 4.79. The normalized spacial score (nSPS) is 11.7. The Morgan fingerprint density at radius 1 is 1.37 bits per heavy atom. The summed E-state index contributed by atoms with van der Waals surface area (Å²) in [6.07, 6.45) is -2.65. The second-order valence-electron chi connectivity index (χ2n) is 6.15. The van der Waals surface area contributed by atoms with Crippen molar-refractivity contribution in [3.63, 3.8) is 0 Å². The van der Waals surface area contributed by atoms with Crippen molar-refractivity contribution < 1.29 is 22.4 Å². The van der Waals surface area contributed by atoms with Gasteiger partial charge in [0.25, 0.3) is 0 Å². The van der Waals surface area contributed by atoms with E-state index in [0.29, 0.717) is 40.0 Å². The van der Waals surface area contributed by atoms with E-state index in [-0.39, 0.29) is 12.3 Å². The molecule has 3 aromatic heterocycles. The fourth-order valence-corrected chi connectivity index (χ4v) is 3.59. The number of amides is 1. The maximum absolute atomic E-state index is 12.7. The number of hydrogen-bond donors (Lipinski definition) is 1. The van der Waals surface area contributed by atoms with Crippen LogP contribution >= 0.6 is 11.3 Å². The first-order valence-electron chi connectivity index (χ1n) is 8.20. The van der Waals surface area contributed by atoms with Gasteiger partial charge in [-0.05, 0) is 32.0 Å². The number of furan rings is 1. The number of aryl methyl sites for hydroxylation is 1. The lowest BCUT2D eigenvalue weighted by atomic mass is 10.2. The zero-order valence-electron chi connectivity index (χ0n) is 14.8. The van der Waals surface area contributed by atoms with Gasteiger partial charge in [0.15, 0.2) is 0 Å². The monoisotopic (exact) mass is 397 g/mol. The van der Waals surface area contributed by atoms with E-state index >= 15 is 0 Å². The fourth-order valence-electron chi connectivity index (χ4n) is 2.80. The van der Waals surface area contributed by atoms with E-state index in [2.05, 4.69) is 10.3 Å². The number of nitrogens with one attached hydrogen (secondary N) is 1. The lowest BCUT2D eigenvalue weighted by molar-refractivity contribution is -0.141. The summed E-state index contributed by atoms with van der Waals surface area (Å²) in [6, 6.07) is 5.19. The summed E-state index contributed by atoms with van der Waals surface area (Å²) in [7, 11) is 0. The van der Waals surface area contributed by atoms with Gasteiger partial charge in [-0.3, -0.25) is 4.79 Å². The van der Waals surface area contributed by atoms with Crippen LogP contribution in [0, 0.1) is 13.8 Å². The number of rotatable bonds is 6. The first-order chi connectivity index (χ1) is 12.7. The smallest absolute Gasteiger partial charge is 0.406 e. The summed E-state index contributed by atoms with van der Waals surface area (Å²) in [5.74, 6) is 0.454. The van der Waals surface area contributed by atoms with Crippen LogP contribution in [0.1, 0.15) is 22.2 Å². The van der Waals surface area contributed by atoms with Crippen LogP contribution in [-0.4, -0.2) is 21.6 Å². The highest BCUT2D eigenvalue weighted by Gasteiger charge is 2.30. The zero-order chi connectivity index (χ0) is 19.6. The lowest BCUT2D eigenvalue weighted by Gasteiger charge is -2.12. The van der Waals surface area contributed by atoms with E-state index in [1.165, 1.54) is 22.2 Å². The molecule has 0 unspecified atom stereocenters. The molecule has 3 heterocycles. The number of halogens is 3. The Labute approximate surface area is 157 Å². The van der Waals surface area contributed by atoms with Crippen molar-refractivity contribution in [3.05, 3.63) is 52.0 Å². The summed E-state index contributed by atoms with van der Waals surface area (Å²) in [5, 5.41) is 5.10. The molecule has 5 nitrogen and oxygen atoms in total. The third-order valence-corrected chi connectivity index (χ3v) is 4.94. The van der Waals surface area contributed by atoms with Crippen LogP contribution in [0.15, 0.2) is 34.3 Å². The number of alkyl halides is 3. The lowest BCUT2D eigenvalue weighted by Crippen LogP contribution is -2.24. The van der Waals surface area contributed by atoms with E-state index in [4.69, 9.17) is 4.42 Å². The number of thiazole rings is 1. The van der Waals surface area contributed by atoms with Crippen molar-refractivity contribution in [2.45, 2.75) is 39.5 Å². The van der Waals surface area contributed by atoms with E-state index in [1.807, 2.05) is 0 Å². The quantitative estimate of drug-likeness (QED) is 0.677. The molecule has 0 saturated carbocycles. The molecule has 0 aliphatic carbocycles. The van der Waals surface area contributed by atoms with Crippen LogP contribution < -0.4 is 5.32 Å². The van der Waals surface area contributed by atoms with Gasteiger partial charge in [0.05, 0.1) is 24.9 Å². The topological polar surface area (TPSA) is 60.1 Å². The van der Waals surface area contributed by atoms with Crippen molar-refractivity contribution in [1.82, 2.24) is 14.9 Å². The van der Waals surface area contributed by atoms with Gasteiger partial charge in [-0.2, -0.15) is 13.2 Å². The van der Waals surface area contributed by atoms with Gasteiger partial charge in [0.2, 0.25) is 5.91 Å². The highest BCUT2D eigenvalue weighted by molar-refractivity contribution is 7.10. The van der Waals surface area contributed by atoms with E-state index in [9.17, 15) is 18.0 Å². The van der Waals surface area contributed by atoms with Gasteiger partial charge >= 0.3 is 6.18 Å². The van der Waals surface area contributed by atoms with Gasteiger partial charge in [0, 0.05) is 22.3 Å². The van der Waals surface area contributed by atoms with Crippen LogP contribution in [0.4, 0.5) is 13.2 Å².